The maximum absolute atomic E-state index is 13.2. The summed E-state index contributed by atoms with van der Waals surface area (Å²) in [5.41, 5.74) is 1.29. The molecule has 0 radical (unpaired) electrons. The van der Waals surface area contributed by atoms with Gasteiger partial charge in [0, 0.05) is 11.6 Å². The fraction of sp³-hybridized carbons (Fsp3) is 0.308. The lowest BCUT2D eigenvalue weighted by Crippen LogP contribution is -2.06. The van der Waals surface area contributed by atoms with Gasteiger partial charge in [-0.15, -0.1) is 11.3 Å². The van der Waals surface area contributed by atoms with Crippen LogP contribution in [0.15, 0.2) is 18.2 Å². The van der Waals surface area contributed by atoms with Gasteiger partial charge in [0.15, 0.2) is 0 Å². The highest BCUT2D eigenvalue weighted by molar-refractivity contribution is 7.15. The molecule has 2 aromatic rings. The van der Waals surface area contributed by atoms with E-state index in [4.69, 9.17) is 0 Å². The van der Waals surface area contributed by atoms with Gasteiger partial charge in [-0.2, -0.15) is 0 Å². The van der Waals surface area contributed by atoms with Crippen molar-refractivity contribution in [2.24, 2.45) is 0 Å². The monoisotopic (exact) mass is 267 g/mol. The first kappa shape index (κ1) is 11.7. The molecule has 0 amide bonds. The number of nitrogens with zero attached hydrogens (tertiary/aromatic N) is 1. The number of hydrogen-bond donors (Lipinski definition) is 1. The molecule has 0 bridgehead atoms. The van der Waals surface area contributed by atoms with E-state index in [0.29, 0.717) is 10.6 Å². The third kappa shape index (κ3) is 2.04. The van der Waals surface area contributed by atoms with Gasteiger partial charge >= 0.3 is 0 Å². The van der Waals surface area contributed by atoms with Crippen LogP contribution in [-0.2, 0) is 6.42 Å². The molecule has 1 aliphatic carbocycles. The standard InChI is InChI=1S/C13H11F2NOS/c14-8-4-7(5-9(15)6-8)13-16-10-2-1-3-11(17)12(10)18-13/h4-6,11,17H,1-3H2. The van der Waals surface area contributed by atoms with Crippen LogP contribution < -0.4 is 0 Å². The van der Waals surface area contributed by atoms with Crippen LogP contribution in [0.3, 0.4) is 0 Å². The number of aliphatic hydroxyl groups is 1. The molecular weight excluding hydrogens is 256 g/mol. The summed E-state index contributed by atoms with van der Waals surface area (Å²) in [7, 11) is 0. The first-order chi connectivity index (χ1) is 8.63. The molecule has 94 valence electrons. The summed E-state index contributed by atoms with van der Waals surface area (Å²) >= 11 is 1.32. The topological polar surface area (TPSA) is 33.1 Å². The first-order valence-corrected chi connectivity index (χ1v) is 6.59. The molecule has 0 fully saturated rings. The van der Waals surface area contributed by atoms with Crippen LogP contribution in [0.5, 0.6) is 0 Å². The fourth-order valence-electron chi connectivity index (χ4n) is 2.20. The number of thiazole rings is 1. The third-order valence-electron chi connectivity index (χ3n) is 3.03. The molecule has 1 heterocycles. The fourth-order valence-corrected chi connectivity index (χ4v) is 3.32. The number of halogens is 2. The van der Waals surface area contributed by atoms with E-state index in [0.717, 1.165) is 35.9 Å². The van der Waals surface area contributed by atoms with Crippen molar-refractivity contribution < 1.29 is 13.9 Å². The minimum atomic E-state index is -0.612. The lowest BCUT2D eigenvalue weighted by atomic mass is 10.0. The van der Waals surface area contributed by atoms with Crippen molar-refractivity contribution in [3.05, 3.63) is 40.4 Å². The maximum atomic E-state index is 13.2. The molecule has 5 heteroatoms. The smallest absolute Gasteiger partial charge is 0.126 e. The molecule has 0 spiro atoms. The van der Waals surface area contributed by atoms with Crippen LogP contribution in [0.1, 0.15) is 29.5 Å². The van der Waals surface area contributed by atoms with Crippen molar-refractivity contribution >= 4 is 11.3 Å². The van der Waals surface area contributed by atoms with E-state index < -0.39 is 17.7 Å². The Hall–Kier alpha value is -1.33. The van der Waals surface area contributed by atoms with Gasteiger partial charge in [0.1, 0.15) is 16.6 Å². The highest BCUT2D eigenvalue weighted by Gasteiger charge is 2.23. The van der Waals surface area contributed by atoms with E-state index in [-0.39, 0.29) is 0 Å². The van der Waals surface area contributed by atoms with Gasteiger partial charge in [0.25, 0.3) is 0 Å². The Bertz CT molecular complexity index is 576. The Labute approximate surface area is 107 Å². The van der Waals surface area contributed by atoms with Gasteiger partial charge < -0.3 is 5.11 Å². The number of rotatable bonds is 1. The van der Waals surface area contributed by atoms with Crippen molar-refractivity contribution in [1.29, 1.82) is 0 Å². The lowest BCUT2D eigenvalue weighted by molar-refractivity contribution is 0.160. The van der Waals surface area contributed by atoms with Crippen molar-refractivity contribution in [3.63, 3.8) is 0 Å². The third-order valence-corrected chi connectivity index (χ3v) is 4.28. The van der Waals surface area contributed by atoms with Gasteiger partial charge in [0.2, 0.25) is 0 Å². The molecule has 1 aromatic carbocycles. The number of aryl methyl sites for hydroxylation is 1. The summed E-state index contributed by atoms with van der Waals surface area (Å²) in [6.45, 7) is 0. The molecular formula is C13H11F2NOS. The molecule has 1 aromatic heterocycles. The average Bonchev–Trinajstić information content (AvgIpc) is 2.73. The Morgan fingerprint density at radius 1 is 1.22 bits per heavy atom. The number of aliphatic hydroxyl groups excluding tert-OH is 1. The summed E-state index contributed by atoms with van der Waals surface area (Å²) in [5.74, 6) is -1.22. The summed E-state index contributed by atoms with van der Waals surface area (Å²) in [6, 6.07) is 3.37. The van der Waals surface area contributed by atoms with Gasteiger partial charge in [-0.25, -0.2) is 13.8 Å². The zero-order valence-electron chi connectivity index (χ0n) is 9.49. The zero-order valence-corrected chi connectivity index (χ0v) is 10.3. The normalized spacial score (nSPS) is 18.7. The number of fused-ring (bicyclic) bond motifs is 1. The Kier molecular flexibility index (Phi) is 2.87. The molecule has 0 saturated carbocycles. The predicted molar refractivity (Wildman–Crippen MR) is 65.4 cm³/mol. The zero-order chi connectivity index (χ0) is 12.7. The molecule has 1 N–H and O–H groups in total. The SMILES string of the molecule is OC1CCCc2nc(-c3cc(F)cc(F)c3)sc21. The predicted octanol–water partition coefficient (Wildman–Crippen LogP) is 3.46. The first-order valence-electron chi connectivity index (χ1n) is 5.77. The Morgan fingerprint density at radius 2 is 1.94 bits per heavy atom. The molecule has 2 nitrogen and oxygen atoms in total. The Balaban J connectivity index is 2.07. The van der Waals surface area contributed by atoms with Crippen LogP contribution in [0, 0.1) is 11.6 Å². The van der Waals surface area contributed by atoms with E-state index in [1.807, 2.05) is 0 Å². The minimum Gasteiger partial charge on any atom is -0.388 e. The molecule has 1 atom stereocenters. The molecule has 0 saturated heterocycles. The van der Waals surface area contributed by atoms with Gasteiger partial charge in [0.05, 0.1) is 16.7 Å². The molecule has 1 aliphatic rings. The van der Waals surface area contributed by atoms with Gasteiger partial charge in [-0.1, -0.05) is 0 Å². The Morgan fingerprint density at radius 3 is 2.61 bits per heavy atom. The highest BCUT2D eigenvalue weighted by atomic mass is 32.1. The quantitative estimate of drug-likeness (QED) is 0.858. The molecule has 1 unspecified atom stereocenters. The second-order valence-electron chi connectivity index (χ2n) is 4.40. The number of aromatic nitrogens is 1. The number of hydrogen-bond acceptors (Lipinski definition) is 3. The number of benzene rings is 1. The van der Waals surface area contributed by atoms with Crippen molar-refractivity contribution in [2.45, 2.75) is 25.4 Å². The molecule has 18 heavy (non-hydrogen) atoms. The largest absolute Gasteiger partial charge is 0.388 e. The van der Waals surface area contributed by atoms with E-state index >= 15 is 0 Å². The molecule has 3 rings (SSSR count). The highest BCUT2D eigenvalue weighted by Crippen LogP contribution is 2.37. The van der Waals surface area contributed by atoms with Crippen molar-refractivity contribution in [1.82, 2.24) is 4.98 Å². The van der Waals surface area contributed by atoms with Crippen LogP contribution in [-0.4, -0.2) is 10.1 Å². The van der Waals surface area contributed by atoms with E-state index in [2.05, 4.69) is 4.98 Å². The van der Waals surface area contributed by atoms with Crippen LogP contribution in [0.4, 0.5) is 8.78 Å². The van der Waals surface area contributed by atoms with Crippen LogP contribution in [0.25, 0.3) is 10.6 Å². The van der Waals surface area contributed by atoms with Crippen LogP contribution in [0.2, 0.25) is 0 Å². The van der Waals surface area contributed by atoms with Crippen molar-refractivity contribution in [3.8, 4) is 10.6 Å². The van der Waals surface area contributed by atoms with Crippen molar-refractivity contribution in [2.75, 3.05) is 0 Å². The van der Waals surface area contributed by atoms with Crippen LogP contribution >= 0.6 is 11.3 Å². The van der Waals surface area contributed by atoms with Gasteiger partial charge in [-0.05, 0) is 31.4 Å². The van der Waals surface area contributed by atoms with E-state index in [1.54, 1.807) is 0 Å². The summed E-state index contributed by atoms with van der Waals surface area (Å²) < 4.78 is 26.3. The lowest BCUT2D eigenvalue weighted by Gasteiger charge is -2.14. The summed E-state index contributed by atoms with van der Waals surface area (Å²) in [5, 5.41) is 10.4. The maximum Gasteiger partial charge on any atom is 0.126 e. The minimum absolute atomic E-state index is 0.430. The molecule has 0 aliphatic heterocycles. The van der Waals surface area contributed by atoms with E-state index in [1.165, 1.54) is 23.5 Å². The second kappa shape index (κ2) is 4.40. The average molecular weight is 267 g/mol. The van der Waals surface area contributed by atoms with E-state index in [9.17, 15) is 13.9 Å². The second-order valence-corrected chi connectivity index (χ2v) is 5.43. The summed E-state index contributed by atoms with van der Waals surface area (Å²) in [6.07, 6.45) is 1.96. The van der Waals surface area contributed by atoms with Gasteiger partial charge in [-0.3, -0.25) is 0 Å². The summed E-state index contributed by atoms with van der Waals surface area (Å²) in [4.78, 5) is 5.21.